The van der Waals surface area contributed by atoms with Gasteiger partial charge in [0.25, 0.3) is 0 Å². The zero-order valence-electron chi connectivity index (χ0n) is 12.0. The van der Waals surface area contributed by atoms with Gasteiger partial charge in [0, 0.05) is 31.4 Å². The van der Waals surface area contributed by atoms with Crippen LogP contribution in [0, 0.1) is 5.82 Å². The van der Waals surface area contributed by atoms with Crippen molar-refractivity contribution in [1.82, 2.24) is 14.9 Å². The van der Waals surface area contributed by atoms with Gasteiger partial charge in [-0.1, -0.05) is 18.2 Å². The molecule has 0 bridgehead atoms. The molecule has 0 radical (unpaired) electrons. The van der Waals surface area contributed by atoms with Crippen LogP contribution in [-0.2, 0) is 16.6 Å². The minimum atomic E-state index is -1.06. The fourth-order valence-corrected chi connectivity index (χ4v) is 2.10. The number of carbonyl (C=O) groups excluding carboxylic acids is 1. The van der Waals surface area contributed by atoms with Crippen LogP contribution in [-0.4, -0.2) is 26.5 Å². The average molecular weight is 305 g/mol. The van der Waals surface area contributed by atoms with Gasteiger partial charge in [-0.25, -0.2) is 9.37 Å². The summed E-state index contributed by atoms with van der Waals surface area (Å²) < 4.78 is 15.7. The summed E-state index contributed by atoms with van der Waals surface area (Å²) in [5, 5.41) is 11.3. The number of rotatable bonds is 6. The van der Waals surface area contributed by atoms with Crippen molar-refractivity contribution in [2.45, 2.75) is 18.9 Å². The molecule has 6 nitrogen and oxygen atoms in total. The highest BCUT2D eigenvalue weighted by molar-refractivity contribution is 5.81. The van der Waals surface area contributed by atoms with Crippen LogP contribution in [0.3, 0.4) is 0 Å². The number of nitrogens with zero attached hydrogens (tertiary/aromatic N) is 2. The van der Waals surface area contributed by atoms with E-state index in [0.29, 0.717) is 5.82 Å². The first kappa shape index (κ1) is 15.7. The standard InChI is InChI=1S/C15H16FN3O3/c1-19-9-8-17-15(19)14(10-4-2-3-5-11(10)16)18-12(20)6-7-13(21)22/h2-5,8-9,14H,6-7H2,1H3,(H,18,20)(H,21,22). The van der Waals surface area contributed by atoms with E-state index in [1.165, 1.54) is 6.07 Å². The molecule has 0 fully saturated rings. The summed E-state index contributed by atoms with van der Waals surface area (Å²) >= 11 is 0. The second kappa shape index (κ2) is 6.84. The third kappa shape index (κ3) is 3.69. The highest BCUT2D eigenvalue weighted by Crippen LogP contribution is 2.23. The molecule has 1 amide bonds. The molecule has 2 rings (SSSR count). The number of nitrogens with one attached hydrogen (secondary N) is 1. The summed E-state index contributed by atoms with van der Waals surface area (Å²) in [7, 11) is 1.74. The lowest BCUT2D eigenvalue weighted by molar-refractivity contribution is -0.138. The number of hydrogen-bond acceptors (Lipinski definition) is 3. The van der Waals surface area contributed by atoms with E-state index in [-0.39, 0.29) is 18.4 Å². The molecule has 0 saturated heterocycles. The van der Waals surface area contributed by atoms with E-state index in [2.05, 4.69) is 10.3 Å². The minimum absolute atomic E-state index is 0.176. The minimum Gasteiger partial charge on any atom is -0.481 e. The lowest BCUT2D eigenvalue weighted by atomic mass is 10.0. The zero-order valence-corrected chi connectivity index (χ0v) is 12.0. The number of halogens is 1. The molecule has 116 valence electrons. The second-order valence-electron chi connectivity index (χ2n) is 4.81. The number of aryl methyl sites for hydroxylation is 1. The molecular formula is C15H16FN3O3. The summed E-state index contributed by atoms with van der Waals surface area (Å²) in [6.45, 7) is 0. The van der Waals surface area contributed by atoms with Crippen LogP contribution < -0.4 is 5.32 Å². The predicted molar refractivity (Wildman–Crippen MR) is 76.5 cm³/mol. The number of benzene rings is 1. The maximum Gasteiger partial charge on any atom is 0.303 e. The van der Waals surface area contributed by atoms with Crippen molar-refractivity contribution in [1.29, 1.82) is 0 Å². The van der Waals surface area contributed by atoms with Crippen LogP contribution in [0.4, 0.5) is 4.39 Å². The quantitative estimate of drug-likeness (QED) is 0.849. The Morgan fingerprint density at radius 2 is 2.09 bits per heavy atom. The molecule has 2 N–H and O–H groups in total. The van der Waals surface area contributed by atoms with Crippen molar-refractivity contribution in [2.24, 2.45) is 7.05 Å². The molecule has 1 atom stereocenters. The maximum atomic E-state index is 14.0. The van der Waals surface area contributed by atoms with Crippen LogP contribution >= 0.6 is 0 Å². The van der Waals surface area contributed by atoms with Crippen LogP contribution in [0.25, 0.3) is 0 Å². The molecule has 2 aromatic rings. The Hall–Kier alpha value is -2.70. The first-order valence-electron chi connectivity index (χ1n) is 6.72. The maximum absolute atomic E-state index is 14.0. The molecule has 1 heterocycles. The van der Waals surface area contributed by atoms with Gasteiger partial charge in [-0.2, -0.15) is 0 Å². The predicted octanol–water partition coefficient (Wildman–Crippen LogP) is 1.63. The first-order valence-corrected chi connectivity index (χ1v) is 6.72. The fraction of sp³-hybridized carbons (Fsp3) is 0.267. The van der Waals surface area contributed by atoms with Gasteiger partial charge < -0.3 is 15.0 Å². The van der Waals surface area contributed by atoms with Crippen molar-refractivity contribution in [3.05, 3.63) is 53.9 Å². The lowest BCUT2D eigenvalue weighted by Crippen LogP contribution is -2.31. The van der Waals surface area contributed by atoms with Crippen LogP contribution in [0.5, 0.6) is 0 Å². The molecule has 22 heavy (non-hydrogen) atoms. The van der Waals surface area contributed by atoms with Crippen molar-refractivity contribution < 1.29 is 19.1 Å². The van der Waals surface area contributed by atoms with E-state index in [1.54, 1.807) is 42.2 Å². The molecule has 1 unspecified atom stereocenters. The van der Waals surface area contributed by atoms with Gasteiger partial charge in [0.1, 0.15) is 17.7 Å². The topological polar surface area (TPSA) is 84.2 Å². The van der Waals surface area contributed by atoms with E-state index in [4.69, 9.17) is 5.11 Å². The fourth-order valence-electron chi connectivity index (χ4n) is 2.10. The Kier molecular flexibility index (Phi) is 4.88. The lowest BCUT2D eigenvalue weighted by Gasteiger charge is -2.19. The average Bonchev–Trinajstić information content (AvgIpc) is 2.89. The van der Waals surface area contributed by atoms with E-state index >= 15 is 0 Å². The zero-order chi connectivity index (χ0) is 16.1. The number of carbonyl (C=O) groups is 2. The number of imidazole rings is 1. The van der Waals surface area contributed by atoms with Gasteiger partial charge in [-0.3, -0.25) is 9.59 Å². The summed E-state index contributed by atoms with van der Waals surface area (Å²) in [6.07, 6.45) is 2.78. The molecular weight excluding hydrogens is 289 g/mol. The first-order chi connectivity index (χ1) is 10.5. The van der Waals surface area contributed by atoms with Gasteiger partial charge in [-0.15, -0.1) is 0 Å². The van der Waals surface area contributed by atoms with Crippen molar-refractivity contribution in [3.8, 4) is 0 Å². The third-order valence-electron chi connectivity index (χ3n) is 3.20. The highest BCUT2D eigenvalue weighted by Gasteiger charge is 2.23. The van der Waals surface area contributed by atoms with Gasteiger partial charge in [0.2, 0.25) is 5.91 Å². The highest BCUT2D eigenvalue weighted by atomic mass is 19.1. The van der Waals surface area contributed by atoms with Crippen molar-refractivity contribution in [2.75, 3.05) is 0 Å². The molecule has 0 aliphatic carbocycles. The van der Waals surface area contributed by atoms with Gasteiger partial charge >= 0.3 is 5.97 Å². The number of carboxylic acids is 1. The largest absolute Gasteiger partial charge is 0.481 e. The number of carboxylic acid groups (broad SMARTS) is 1. The second-order valence-corrected chi connectivity index (χ2v) is 4.81. The molecule has 0 aliphatic rings. The van der Waals surface area contributed by atoms with Crippen molar-refractivity contribution >= 4 is 11.9 Å². The van der Waals surface area contributed by atoms with E-state index in [0.717, 1.165) is 0 Å². The Bertz CT molecular complexity index is 684. The normalized spacial score (nSPS) is 11.9. The van der Waals surface area contributed by atoms with Crippen LogP contribution in [0.2, 0.25) is 0 Å². The van der Waals surface area contributed by atoms with E-state index < -0.39 is 23.7 Å². The molecule has 1 aromatic heterocycles. The smallest absolute Gasteiger partial charge is 0.303 e. The summed E-state index contributed by atoms with van der Waals surface area (Å²) in [5.74, 6) is -1.53. The third-order valence-corrected chi connectivity index (χ3v) is 3.20. The molecule has 0 saturated carbocycles. The molecule has 0 spiro atoms. The number of amides is 1. The number of aromatic nitrogens is 2. The summed E-state index contributed by atoms with van der Waals surface area (Å²) in [6, 6.07) is 5.31. The molecule has 7 heteroatoms. The Labute approximate surface area is 126 Å². The van der Waals surface area contributed by atoms with Crippen LogP contribution in [0.1, 0.15) is 30.3 Å². The molecule has 1 aromatic carbocycles. The van der Waals surface area contributed by atoms with Gasteiger partial charge in [-0.05, 0) is 6.07 Å². The summed E-state index contributed by atoms with van der Waals surface area (Å²) in [5.41, 5.74) is 0.278. The monoisotopic (exact) mass is 305 g/mol. The Morgan fingerprint density at radius 3 is 2.68 bits per heavy atom. The van der Waals surface area contributed by atoms with E-state index in [1.807, 2.05) is 0 Å². The van der Waals surface area contributed by atoms with Crippen LogP contribution in [0.15, 0.2) is 36.7 Å². The van der Waals surface area contributed by atoms with Gasteiger partial charge in [0.15, 0.2) is 0 Å². The number of hydrogen-bond donors (Lipinski definition) is 2. The van der Waals surface area contributed by atoms with E-state index in [9.17, 15) is 14.0 Å². The van der Waals surface area contributed by atoms with Gasteiger partial charge in [0.05, 0.1) is 6.42 Å². The van der Waals surface area contributed by atoms with Crippen molar-refractivity contribution in [3.63, 3.8) is 0 Å². The number of aliphatic carboxylic acids is 1. The summed E-state index contributed by atoms with van der Waals surface area (Å²) in [4.78, 5) is 26.6. The molecule has 0 aliphatic heterocycles. The Morgan fingerprint density at radius 1 is 1.36 bits per heavy atom. The Balaban J connectivity index is 2.27. The SMILES string of the molecule is Cn1ccnc1C(NC(=O)CCC(=O)O)c1ccccc1F.